The predicted molar refractivity (Wildman–Crippen MR) is 125 cm³/mol. The number of amides is 1. The zero-order valence-corrected chi connectivity index (χ0v) is 18.0. The Labute approximate surface area is 189 Å². The number of benzene rings is 4. The molecule has 4 rings (SSSR count). The van der Waals surface area contributed by atoms with Crippen molar-refractivity contribution in [1.82, 2.24) is 0 Å². The van der Waals surface area contributed by atoms with E-state index in [-0.39, 0.29) is 6.61 Å². The number of para-hydroxylation sites is 1. The van der Waals surface area contributed by atoms with Crippen molar-refractivity contribution in [3.05, 3.63) is 102 Å². The van der Waals surface area contributed by atoms with Crippen LogP contribution in [0.3, 0.4) is 0 Å². The van der Waals surface area contributed by atoms with Crippen molar-refractivity contribution in [2.45, 2.75) is 9.79 Å². The number of hydrogen-bond donors (Lipinski definition) is 1. The van der Waals surface area contributed by atoms with Crippen LogP contribution in [0.5, 0.6) is 0 Å². The molecule has 0 spiro atoms. The van der Waals surface area contributed by atoms with Gasteiger partial charge in [-0.1, -0.05) is 71.9 Å². The third-order valence-corrected chi connectivity index (χ3v) is 5.88. The molecule has 1 amide bonds. The lowest BCUT2D eigenvalue weighted by atomic mass is 10.1. The van der Waals surface area contributed by atoms with Crippen LogP contribution in [0.15, 0.2) is 101 Å². The van der Waals surface area contributed by atoms with Gasteiger partial charge in [0.25, 0.3) is 5.91 Å². The van der Waals surface area contributed by atoms with Crippen LogP contribution in [0, 0.1) is 0 Å². The molecule has 1 N–H and O–H groups in total. The first-order chi connectivity index (χ1) is 15.1. The second-order valence-electron chi connectivity index (χ2n) is 6.70. The predicted octanol–water partition coefficient (Wildman–Crippen LogP) is 6.44. The topological polar surface area (TPSA) is 55.4 Å². The van der Waals surface area contributed by atoms with E-state index in [0.717, 1.165) is 20.6 Å². The summed E-state index contributed by atoms with van der Waals surface area (Å²) in [6.45, 7) is -0.373. The second-order valence-corrected chi connectivity index (χ2v) is 8.25. The Hall–Kier alpha value is -3.28. The summed E-state index contributed by atoms with van der Waals surface area (Å²) in [6.07, 6.45) is 0. The molecule has 4 aromatic rings. The zero-order valence-electron chi connectivity index (χ0n) is 16.4. The van der Waals surface area contributed by atoms with Gasteiger partial charge in [0.05, 0.1) is 11.3 Å². The number of rotatable bonds is 6. The lowest BCUT2D eigenvalue weighted by Crippen LogP contribution is -2.21. The maximum Gasteiger partial charge on any atom is 0.339 e. The van der Waals surface area contributed by atoms with E-state index in [1.165, 1.54) is 11.8 Å². The monoisotopic (exact) mass is 447 g/mol. The van der Waals surface area contributed by atoms with Crippen molar-refractivity contribution >= 4 is 51.7 Å². The normalized spacial score (nSPS) is 10.6. The molecule has 31 heavy (non-hydrogen) atoms. The van der Waals surface area contributed by atoms with Crippen molar-refractivity contribution < 1.29 is 14.3 Å². The van der Waals surface area contributed by atoms with Gasteiger partial charge < -0.3 is 10.1 Å². The lowest BCUT2D eigenvalue weighted by Gasteiger charge is -2.11. The largest absolute Gasteiger partial charge is 0.452 e. The second kappa shape index (κ2) is 9.69. The Balaban J connectivity index is 1.41. The molecule has 154 valence electrons. The Bertz CT molecular complexity index is 1240. The molecule has 4 nitrogen and oxygen atoms in total. The molecule has 0 aliphatic heterocycles. The van der Waals surface area contributed by atoms with E-state index in [2.05, 4.69) is 5.32 Å². The Morgan fingerprint density at radius 2 is 1.55 bits per heavy atom. The maximum atomic E-state index is 12.5. The van der Waals surface area contributed by atoms with Crippen molar-refractivity contribution in [3.8, 4) is 0 Å². The Morgan fingerprint density at radius 1 is 0.839 bits per heavy atom. The highest BCUT2D eigenvalue weighted by atomic mass is 35.5. The summed E-state index contributed by atoms with van der Waals surface area (Å²) in [5.74, 6) is -0.937. The van der Waals surface area contributed by atoms with Gasteiger partial charge in [-0.3, -0.25) is 4.79 Å². The van der Waals surface area contributed by atoms with Gasteiger partial charge >= 0.3 is 5.97 Å². The Morgan fingerprint density at radius 3 is 2.39 bits per heavy atom. The van der Waals surface area contributed by atoms with E-state index in [9.17, 15) is 9.59 Å². The molecule has 0 radical (unpaired) electrons. The number of ether oxygens (including phenoxy) is 1. The molecule has 0 aromatic heterocycles. The van der Waals surface area contributed by atoms with Gasteiger partial charge in [0.15, 0.2) is 6.61 Å². The first-order valence-corrected chi connectivity index (χ1v) is 10.8. The number of carbonyl (C=O) groups is 2. The van der Waals surface area contributed by atoms with E-state index >= 15 is 0 Å². The molecule has 0 aliphatic rings. The van der Waals surface area contributed by atoms with Crippen molar-refractivity contribution in [2.75, 3.05) is 11.9 Å². The zero-order chi connectivity index (χ0) is 21.6. The summed E-state index contributed by atoms with van der Waals surface area (Å²) in [5.41, 5.74) is 1.08. The number of hydrogen-bond acceptors (Lipinski definition) is 4. The number of anilines is 1. The van der Waals surface area contributed by atoms with Gasteiger partial charge in [-0.05, 0) is 53.2 Å². The van der Waals surface area contributed by atoms with Gasteiger partial charge in [0, 0.05) is 14.8 Å². The van der Waals surface area contributed by atoms with Crippen LogP contribution in [0.2, 0.25) is 5.02 Å². The van der Waals surface area contributed by atoms with Crippen molar-refractivity contribution in [3.63, 3.8) is 0 Å². The Kier molecular flexibility index (Phi) is 6.55. The third kappa shape index (κ3) is 5.26. The molecule has 0 unspecified atom stereocenters. The molecule has 0 fully saturated rings. The minimum absolute atomic E-state index is 0.373. The maximum absolute atomic E-state index is 12.5. The highest BCUT2D eigenvalue weighted by molar-refractivity contribution is 7.99. The van der Waals surface area contributed by atoms with E-state index in [1.807, 2.05) is 78.9 Å². The van der Waals surface area contributed by atoms with Crippen LogP contribution in [0.1, 0.15) is 10.4 Å². The van der Waals surface area contributed by atoms with E-state index in [4.69, 9.17) is 16.3 Å². The summed E-state index contributed by atoms with van der Waals surface area (Å²) in [5, 5.41) is 5.22. The molecule has 0 saturated carbocycles. The number of nitrogens with one attached hydrogen (secondary N) is 1. The van der Waals surface area contributed by atoms with Gasteiger partial charge in [0.1, 0.15) is 0 Å². The number of carbonyl (C=O) groups excluding carboxylic acids is 2. The fourth-order valence-corrected chi connectivity index (χ4v) is 4.11. The van der Waals surface area contributed by atoms with Gasteiger partial charge in [-0.2, -0.15) is 0 Å². The first kappa shape index (κ1) is 21.0. The molecule has 0 saturated heterocycles. The summed E-state index contributed by atoms with van der Waals surface area (Å²) < 4.78 is 5.27. The first-order valence-electron chi connectivity index (χ1n) is 9.57. The van der Waals surface area contributed by atoms with Crippen molar-refractivity contribution in [2.24, 2.45) is 0 Å². The van der Waals surface area contributed by atoms with E-state index < -0.39 is 11.9 Å². The molecule has 6 heteroatoms. The lowest BCUT2D eigenvalue weighted by molar-refractivity contribution is -0.119. The number of fused-ring (bicyclic) bond motifs is 1. The summed E-state index contributed by atoms with van der Waals surface area (Å²) >= 11 is 7.45. The van der Waals surface area contributed by atoms with E-state index in [0.29, 0.717) is 16.3 Å². The highest BCUT2D eigenvalue weighted by Crippen LogP contribution is 2.33. The number of halogens is 1. The molecule has 0 aliphatic carbocycles. The molecule has 4 aromatic carbocycles. The average molecular weight is 448 g/mol. The van der Waals surface area contributed by atoms with Crippen LogP contribution >= 0.6 is 23.4 Å². The molecule has 0 atom stereocenters. The molecular formula is C25H18ClNO3S. The van der Waals surface area contributed by atoms with Crippen LogP contribution in [-0.4, -0.2) is 18.5 Å². The highest BCUT2D eigenvalue weighted by Gasteiger charge is 2.14. The number of esters is 1. The summed E-state index contributed by atoms with van der Waals surface area (Å²) in [7, 11) is 0. The minimum atomic E-state index is -0.532. The average Bonchev–Trinajstić information content (AvgIpc) is 2.80. The quantitative estimate of drug-likeness (QED) is 0.345. The van der Waals surface area contributed by atoms with E-state index in [1.54, 1.807) is 12.1 Å². The van der Waals surface area contributed by atoms with Crippen LogP contribution in [0.4, 0.5) is 5.69 Å². The standard InChI is InChI=1S/C25H18ClNO3S/c26-18-12-14-19(15-13-18)31-23-11-4-3-10-22(23)27-24(28)16-30-25(29)21-9-5-7-17-6-1-2-8-20(17)21/h1-15H,16H2,(H,27,28). The minimum Gasteiger partial charge on any atom is -0.452 e. The summed E-state index contributed by atoms with van der Waals surface area (Å²) in [6, 6.07) is 27.9. The smallest absolute Gasteiger partial charge is 0.339 e. The van der Waals surface area contributed by atoms with Crippen LogP contribution in [0.25, 0.3) is 10.8 Å². The van der Waals surface area contributed by atoms with Crippen LogP contribution in [-0.2, 0) is 9.53 Å². The fraction of sp³-hybridized carbons (Fsp3) is 0.0400. The van der Waals surface area contributed by atoms with Gasteiger partial charge in [-0.25, -0.2) is 4.79 Å². The van der Waals surface area contributed by atoms with Crippen molar-refractivity contribution in [1.29, 1.82) is 0 Å². The van der Waals surface area contributed by atoms with Crippen LogP contribution < -0.4 is 5.32 Å². The van der Waals surface area contributed by atoms with Gasteiger partial charge in [0.2, 0.25) is 0 Å². The molecule has 0 heterocycles. The summed E-state index contributed by atoms with van der Waals surface area (Å²) in [4.78, 5) is 26.8. The SMILES string of the molecule is O=C(COC(=O)c1cccc2ccccc12)Nc1ccccc1Sc1ccc(Cl)cc1. The molecule has 0 bridgehead atoms. The fourth-order valence-electron chi connectivity index (χ4n) is 3.09. The third-order valence-electron chi connectivity index (χ3n) is 4.55. The molecular weight excluding hydrogens is 430 g/mol. The van der Waals surface area contributed by atoms with Gasteiger partial charge in [-0.15, -0.1) is 0 Å².